The van der Waals surface area contributed by atoms with Gasteiger partial charge in [-0.05, 0) is 45.0 Å². The summed E-state index contributed by atoms with van der Waals surface area (Å²) in [4.78, 5) is 4.46. The first-order valence-corrected chi connectivity index (χ1v) is 8.37. The molecule has 0 aliphatic heterocycles. The normalized spacial score (nSPS) is 12.5. The standard InChI is InChI=1S/C17H19FN4S/c1-11(19-8-15-10-23-13(3)21-15)17-9-20-22(12(17)2)16-6-4-14(18)5-7-16/h4-7,9-11,19H,8H2,1-3H3/t11-/m0/s1. The SMILES string of the molecule is Cc1nc(CN[C@@H](C)c2cnn(-c3ccc(F)cc3)c2C)cs1. The Bertz CT molecular complexity index is 791. The van der Waals surface area contributed by atoms with Crippen molar-refractivity contribution in [1.29, 1.82) is 0 Å². The van der Waals surface area contributed by atoms with E-state index in [1.807, 2.05) is 24.7 Å². The van der Waals surface area contributed by atoms with Crippen LogP contribution in [0.3, 0.4) is 0 Å². The summed E-state index contributed by atoms with van der Waals surface area (Å²) in [6.45, 7) is 6.87. The number of thiazole rings is 1. The molecule has 1 atom stereocenters. The van der Waals surface area contributed by atoms with Crippen LogP contribution in [0.15, 0.2) is 35.8 Å². The van der Waals surface area contributed by atoms with Crippen molar-refractivity contribution in [3.8, 4) is 5.69 Å². The number of halogens is 1. The second kappa shape index (κ2) is 6.60. The van der Waals surface area contributed by atoms with Gasteiger partial charge in [0.1, 0.15) is 5.82 Å². The molecule has 0 bridgehead atoms. The summed E-state index contributed by atoms with van der Waals surface area (Å²) in [5.41, 5.74) is 4.09. The monoisotopic (exact) mass is 330 g/mol. The van der Waals surface area contributed by atoms with E-state index < -0.39 is 0 Å². The van der Waals surface area contributed by atoms with Crippen LogP contribution in [0.2, 0.25) is 0 Å². The van der Waals surface area contributed by atoms with Crippen LogP contribution in [0, 0.1) is 19.7 Å². The van der Waals surface area contributed by atoms with E-state index in [-0.39, 0.29) is 11.9 Å². The predicted octanol–water partition coefficient (Wildman–Crippen LogP) is 3.94. The smallest absolute Gasteiger partial charge is 0.123 e. The van der Waals surface area contributed by atoms with Gasteiger partial charge in [-0.2, -0.15) is 5.10 Å². The summed E-state index contributed by atoms with van der Waals surface area (Å²) < 4.78 is 14.9. The number of benzene rings is 1. The third kappa shape index (κ3) is 3.48. The molecular weight excluding hydrogens is 311 g/mol. The van der Waals surface area contributed by atoms with Crippen LogP contribution >= 0.6 is 11.3 Å². The zero-order chi connectivity index (χ0) is 16.4. The molecule has 2 aromatic heterocycles. The van der Waals surface area contributed by atoms with Crippen LogP contribution < -0.4 is 5.32 Å². The van der Waals surface area contributed by atoms with E-state index in [2.05, 4.69) is 27.7 Å². The van der Waals surface area contributed by atoms with E-state index in [0.717, 1.165) is 34.2 Å². The third-order valence-electron chi connectivity index (χ3n) is 3.84. The van der Waals surface area contributed by atoms with Gasteiger partial charge in [-0.25, -0.2) is 14.1 Å². The topological polar surface area (TPSA) is 42.7 Å². The van der Waals surface area contributed by atoms with E-state index in [4.69, 9.17) is 0 Å². The molecule has 3 aromatic rings. The molecule has 2 heterocycles. The van der Waals surface area contributed by atoms with Crippen molar-refractivity contribution in [2.45, 2.75) is 33.4 Å². The fraction of sp³-hybridized carbons (Fsp3) is 0.294. The van der Waals surface area contributed by atoms with Crippen LogP contribution in [-0.2, 0) is 6.54 Å². The molecule has 0 aliphatic rings. The molecule has 0 amide bonds. The van der Waals surface area contributed by atoms with E-state index in [1.54, 1.807) is 23.5 Å². The number of hydrogen-bond donors (Lipinski definition) is 1. The van der Waals surface area contributed by atoms with Gasteiger partial charge in [0.15, 0.2) is 0 Å². The molecule has 0 fully saturated rings. The van der Waals surface area contributed by atoms with E-state index in [0.29, 0.717) is 0 Å². The number of aryl methyl sites for hydroxylation is 1. The minimum absolute atomic E-state index is 0.159. The van der Waals surface area contributed by atoms with Crippen molar-refractivity contribution in [3.63, 3.8) is 0 Å². The summed E-state index contributed by atoms with van der Waals surface area (Å²) in [7, 11) is 0. The van der Waals surface area contributed by atoms with Gasteiger partial charge in [0.2, 0.25) is 0 Å². The molecule has 0 radical (unpaired) electrons. The van der Waals surface area contributed by atoms with Crippen LogP contribution in [0.4, 0.5) is 4.39 Å². The van der Waals surface area contributed by atoms with Crippen molar-refractivity contribution >= 4 is 11.3 Å². The molecule has 0 saturated carbocycles. The van der Waals surface area contributed by atoms with Crippen LogP contribution in [0.1, 0.15) is 34.9 Å². The Kier molecular flexibility index (Phi) is 4.54. The molecule has 4 nitrogen and oxygen atoms in total. The lowest BCUT2D eigenvalue weighted by atomic mass is 10.1. The highest BCUT2D eigenvalue weighted by molar-refractivity contribution is 7.09. The quantitative estimate of drug-likeness (QED) is 0.770. The highest BCUT2D eigenvalue weighted by Crippen LogP contribution is 2.21. The summed E-state index contributed by atoms with van der Waals surface area (Å²) in [5, 5.41) is 11.1. The van der Waals surface area contributed by atoms with Gasteiger partial charge in [-0.1, -0.05) is 0 Å². The molecular formula is C17H19FN4S. The number of nitrogens with zero attached hydrogens (tertiary/aromatic N) is 3. The van der Waals surface area contributed by atoms with E-state index in [1.165, 1.54) is 12.1 Å². The average Bonchev–Trinajstić information content (AvgIpc) is 3.12. The molecule has 1 aromatic carbocycles. The van der Waals surface area contributed by atoms with Gasteiger partial charge in [0, 0.05) is 29.2 Å². The zero-order valence-electron chi connectivity index (χ0n) is 13.4. The Morgan fingerprint density at radius 3 is 2.65 bits per heavy atom. The maximum Gasteiger partial charge on any atom is 0.123 e. The van der Waals surface area contributed by atoms with Gasteiger partial charge in [-0.15, -0.1) is 11.3 Å². The first-order chi connectivity index (χ1) is 11.0. The molecule has 23 heavy (non-hydrogen) atoms. The van der Waals surface area contributed by atoms with Crippen molar-refractivity contribution in [1.82, 2.24) is 20.1 Å². The fourth-order valence-electron chi connectivity index (χ4n) is 2.55. The first kappa shape index (κ1) is 15.8. The third-order valence-corrected chi connectivity index (χ3v) is 4.66. The van der Waals surface area contributed by atoms with Crippen molar-refractivity contribution < 1.29 is 4.39 Å². The summed E-state index contributed by atoms with van der Waals surface area (Å²) in [5.74, 6) is -0.243. The van der Waals surface area contributed by atoms with Crippen molar-refractivity contribution in [2.75, 3.05) is 0 Å². The Balaban J connectivity index is 1.74. The highest BCUT2D eigenvalue weighted by Gasteiger charge is 2.14. The van der Waals surface area contributed by atoms with Gasteiger partial charge in [0.05, 0.1) is 22.6 Å². The minimum atomic E-state index is -0.243. The Morgan fingerprint density at radius 2 is 2.00 bits per heavy atom. The van der Waals surface area contributed by atoms with Gasteiger partial charge in [-0.3, -0.25) is 0 Å². The lowest BCUT2D eigenvalue weighted by Crippen LogP contribution is -2.18. The second-order valence-electron chi connectivity index (χ2n) is 5.53. The summed E-state index contributed by atoms with van der Waals surface area (Å²) >= 11 is 1.66. The number of nitrogens with one attached hydrogen (secondary N) is 1. The van der Waals surface area contributed by atoms with E-state index in [9.17, 15) is 4.39 Å². The first-order valence-electron chi connectivity index (χ1n) is 7.49. The van der Waals surface area contributed by atoms with E-state index >= 15 is 0 Å². The van der Waals surface area contributed by atoms with Crippen molar-refractivity contribution in [3.05, 3.63) is 63.6 Å². The largest absolute Gasteiger partial charge is 0.304 e. The fourth-order valence-corrected chi connectivity index (χ4v) is 3.16. The van der Waals surface area contributed by atoms with Gasteiger partial charge in [0.25, 0.3) is 0 Å². The Morgan fingerprint density at radius 1 is 1.26 bits per heavy atom. The van der Waals surface area contributed by atoms with Crippen LogP contribution in [0.25, 0.3) is 5.69 Å². The Labute approximate surface area is 139 Å². The van der Waals surface area contributed by atoms with Crippen molar-refractivity contribution in [2.24, 2.45) is 0 Å². The zero-order valence-corrected chi connectivity index (χ0v) is 14.2. The molecule has 3 rings (SSSR count). The van der Waals surface area contributed by atoms with Gasteiger partial charge < -0.3 is 5.32 Å². The van der Waals surface area contributed by atoms with Gasteiger partial charge >= 0.3 is 0 Å². The summed E-state index contributed by atoms with van der Waals surface area (Å²) in [6, 6.07) is 6.51. The maximum atomic E-state index is 13.1. The second-order valence-corrected chi connectivity index (χ2v) is 6.60. The maximum absolute atomic E-state index is 13.1. The summed E-state index contributed by atoms with van der Waals surface area (Å²) in [6.07, 6.45) is 1.86. The molecule has 0 saturated heterocycles. The number of hydrogen-bond acceptors (Lipinski definition) is 4. The molecule has 1 N–H and O–H groups in total. The predicted molar refractivity (Wildman–Crippen MR) is 90.4 cm³/mol. The molecule has 120 valence electrons. The highest BCUT2D eigenvalue weighted by atomic mass is 32.1. The number of rotatable bonds is 5. The average molecular weight is 330 g/mol. The Hall–Kier alpha value is -2.05. The van der Waals surface area contributed by atoms with Crippen LogP contribution in [0.5, 0.6) is 0 Å². The molecule has 0 spiro atoms. The number of aromatic nitrogens is 3. The molecule has 0 aliphatic carbocycles. The lowest BCUT2D eigenvalue weighted by Gasteiger charge is -2.13. The molecule has 0 unspecified atom stereocenters. The lowest BCUT2D eigenvalue weighted by molar-refractivity contribution is 0.566. The molecule has 6 heteroatoms. The van der Waals surface area contributed by atoms with Crippen LogP contribution in [-0.4, -0.2) is 14.8 Å². The minimum Gasteiger partial charge on any atom is -0.304 e.